The summed E-state index contributed by atoms with van der Waals surface area (Å²) in [4.78, 5) is 0. The number of nitrogens with zero attached hydrogens (tertiary/aromatic N) is 2. The average molecular weight is 142 g/mol. The van der Waals surface area contributed by atoms with Gasteiger partial charge in [-0.15, -0.1) is 0 Å². The first kappa shape index (κ1) is 7.24. The van der Waals surface area contributed by atoms with Gasteiger partial charge in [0.15, 0.2) is 5.76 Å². The Hall–Kier alpha value is -0.870. The first-order valence-electron chi connectivity index (χ1n) is 3.16. The summed E-state index contributed by atoms with van der Waals surface area (Å²) in [5.41, 5.74) is 0. The van der Waals surface area contributed by atoms with Crippen molar-refractivity contribution in [3.8, 4) is 0 Å². The van der Waals surface area contributed by atoms with Gasteiger partial charge in [-0.1, -0.05) is 12.1 Å². The molecule has 0 atom stereocenters. The lowest BCUT2D eigenvalue weighted by molar-refractivity contribution is -0.0993. The van der Waals surface area contributed by atoms with Gasteiger partial charge < -0.3 is 9.73 Å². The van der Waals surface area contributed by atoms with Gasteiger partial charge in [-0.05, 0) is 0 Å². The zero-order chi connectivity index (χ0) is 7.40. The molecule has 0 aliphatic heterocycles. The second-order valence-electron chi connectivity index (χ2n) is 1.96. The van der Waals surface area contributed by atoms with Crippen LogP contribution >= 0.6 is 0 Å². The van der Waals surface area contributed by atoms with Crippen molar-refractivity contribution in [2.45, 2.75) is 13.5 Å². The van der Waals surface area contributed by atoms with Crippen LogP contribution in [0.3, 0.4) is 0 Å². The molecular weight excluding hydrogens is 132 g/mol. The van der Waals surface area contributed by atoms with Crippen molar-refractivity contribution in [2.75, 3.05) is 6.54 Å². The van der Waals surface area contributed by atoms with E-state index in [0.717, 1.165) is 5.06 Å². The van der Waals surface area contributed by atoms with Crippen LogP contribution in [0.25, 0.3) is 0 Å². The summed E-state index contributed by atoms with van der Waals surface area (Å²) in [7, 11) is 0. The Balaban J connectivity index is 2.40. The molecule has 4 heteroatoms. The largest absolute Gasteiger partial charge is 0.360 e. The van der Waals surface area contributed by atoms with E-state index in [0.29, 0.717) is 18.8 Å². The van der Waals surface area contributed by atoms with E-state index in [1.807, 2.05) is 6.92 Å². The zero-order valence-corrected chi connectivity index (χ0v) is 5.82. The fraction of sp³-hybridized carbons (Fsp3) is 0.500. The summed E-state index contributed by atoms with van der Waals surface area (Å²) in [6, 6.07) is 1.72. The Labute approximate surface area is 59.0 Å². The van der Waals surface area contributed by atoms with Gasteiger partial charge in [-0.2, -0.15) is 5.06 Å². The molecule has 1 aromatic rings. The van der Waals surface area contributed by atoms with Gasteiger partial charge in [-0.25, -0.2) is 0 Å². The standard InChI is InChI=1S/C6H10N2O2/c1-2-8(9)5-6-3-4-7-10-6/h3-4,9H,2,5H2,1H3. The molecule has 0 saturated heterocycles. The van der Waals surface area contributed by atoms with Crippen LogP contribution in [0.4, 0.5) is 0 Å². The van der Waals surface area contributed by atoms with Crippen LogP contribution < -0.4 is 0 Å². The molecule has 0 amide bonds. The van der Waals surface area contributed by atoms with E-state index in [2.05, 4.69) is 5.16 Å². The summed E-state index contributed by atoms with van der Waals surface area (Å²) >= 11 is 0. The van der Waals surface area contributed by atoms with E-state index >= 15 is 0 Å². The number of rotatable bonds is 3. The molecule has 0 bridgehead atoms. The van der Waals surface area contributed by atoms with E-state index in [-0.39, 0.29) is 0 Å². The molecule has 1 N–H and O–H groups in total. The minimum absolute atomic E-state index is 0.399. The highest BCUT2D eigenvalue weighted by molar-refractivity contribution is 4.91. The molecule has 0 radical (unpaired) electrons. The third-order valence-electron chi connectivity index (χ3n) is 1.19. The number of hydrogen-bond acceptors (Lipinski definition) is 4. The van der Waals surface area contributed by atoms with Gasteiger partial charge in [0.25, 0.3) is 0 Å². The fourth-order valence-electron chi connectivity index (χ4n) is 0.615. The smallest absolute Gasteiger partial charge is 0.153 e. The Kier molecular flexibility index (Phi) is 2.42. The molecule has 0 unspecified atom stereocenters. The molecule has 0 fully saturated rings. The van der Waals surface area contributed by atoms with E-state index in [4.69, 9.17) is 9.73 Å². The predicted octanol–water partition coefficient (Wildman–Crippen LogP) is 0.886. The van der Waals surface area contributed by atoms with Gasteiger partial charge in [0.05, 0.1) is 12.7 Å². The average Bonchev–Trinajstić information content (AvgIpc) is 2.40. The molecule has 0 aliphatic carbocycles. The molecule has 10 heavy (non-hydrogen) atoms. The molecule has 4 nitrogen and oxygen atoms in total. The van der Waals surface area contributed by atoms with Crippen molar-refractivity contribution in [3.63, 3.8) is 0 Å². The highest BCUT2D eigenvalue weighted by atomic mass is 16.5. The SMILES string of the molecule is CCN(O)Cc1ccno1. The molecule has 0 aromatic carbocycles. The Morgan fingerprint density at radius 3 is 3.10 bits per heavy atom. The summed E-state index contributed by atoms with van der Waals surface area (Å²) < 4.78 is 4.75. The van der Waals surface area contributed by atoms with E-state index in [1.54, 1.807) is 12.3 Å². The number of aromatic nitrogens is 1. The van der Waals surface area contributed by atoms with Crippen molar-refractivity contribution >= 4 is 0 Å². The van der Waals surface area contributed by atoms with Crippen molar-refractivity contribution in [1.29, 1.82) is 0 Å². The first-order valence-corrected chi connectivity index (χ1v) is 3.16. The highest BCUT2D eigenvalue weighted by Crippen LogP contribution is 1.99. The van der Waals surface area contributed by atoms with Crippen molar-refractivity contribution < 1.29 is 9.73 Å². The maximum atomic E-state index is 8.98. The molecule has 1 rings (SSSR count). The van der Waals surface area contributed by atoms with Crippen LogP contribution in [0, 0.1) is 0 Å². The summed E-state index contributed by atoms with van der Waals surface area (Å²) in [5, 5.41) is 13.6. The second kappa shape index (κ2) is 3.34. The number of hydrogen-bond donors (Lipinski definition) is 1. The quantitative estimate of drug-likeness (QED) is 0.636. The molecule has 0 spiro atoms. The lowest BCUT2D eigenvalue weighted by atomic mass is 10.4. The van der Waals surface area contributed by atoms with Gasteiger partial charge in [0.2, 0.25) is 0 Å². The lowest BCUT2D eigenvalue weighted by Gasteiger charge is -2.07. The zero-order valence-electron chi connectivity index (χ0n) is 5.82. The van der Waals surface area contributed by atoms with Crippen LogP contribution in [0.5, 0.6) is 0 Å². The van der Waals surface area contributed by atoms with Gasteiger partial charge in [0.1, 0.15) is 0 Å². The lowest BCUT2D eigenvalue weighted by Crippen LogP contribution is -2.17. The normalized spacial score (nSPS) is 10.7. The maximum absolute atomic E-state index is 8.98. The van der Waals surface area contributed by atoms with Gasteiger partial charge >= 0.3 is 0 Å². The van der Waals surface area contributed by atoms with Gasteiger partial charge in [-0.3, -0.25) is 0 Å². The van der Waals surface area contributed by atoms with Crippen molar-refractivity contribution in [2.24, 2.45) is 0 Å². The fourth-order valence-corrected chi connectivity index (χ4v) is 0.615. The summed E-state index contributed by atoms with van der Waals surface area (Å²) in [6.07, 6.45) is 1.55. The molecule has 0 aliphatic rings. The molecule has 56 valence electrons. The van der Waals surface area contributed by atoms with E-state index < -0.39 is 0 Å². The van der Waals surface area contributed by atoms with Gasteiger partial charge in [0, 0.05) is 12.6 Å². The van der Waals surface area contributed by atoms with Crippen molar-refractivity contribution in [3.05, 3.63) is 18.0 Å². The first-order chi connectivity index (χ1) is 4.83. The summed E-state index contributed by atoms with van der Waals surface area (Å²) in [6.45, 7) is 2.84. The van der Waals surface area contributed by atoms with Crippen molar-refractivity contribution in [1.82, 2.24) is 10.2 Å². The monoisotopic (exact) mass is 142 g/mol. The number of hydroxylamine groups is 2. The minimum atomic E-state index is 0.399. The Bertz CT molecular complexity index is 174. The van der Waals surface area contributed by atoms with Crippen LogP contribution in [0.15, 0.2) is 16.8 Å². The molecule has 1 heterocycles. The molecule has 0 saturated carbocycles. The van der Waals surface area contributed by atoms with Crippen LogP contribution in [0.1, 0.15) is 12.7 Å². The predicted molar refractivity (Wildman–Crippen MR) is 34.4 cm³/mol. The Morgan fingerprint density at radius 2 is 2.60 bits per heavy atom. The van der Waals surface area contributed by atoms with E-state index in [9.17, 15) is 0 Å². The third kappa shape index (κ3) is 1.82. The molecule has 1 aromatic heterocycles. The third-order valence-corrected chi connectivity index (χ3v) is 1.19. The van der Waals surface area contributed by atoms with Crippen LogP contribution in [0.2, 0.25) is 0 Å². The second-order valence-corrected chi connectivity index (χ2v) is 1.96. The minimum Gasteiger partial charge on any atom is -0.360 e. The van der Waals surface area contributed by atoms with E-state index in [1.165, 1.54) is 0 Å². The van der Waals surface area contributed by atoms with Crippen LogP contribution in [-0.2, 0) is 6.54 Å². The summed E-state index contributed by atoms with van der Waals surface area (Å²) in [5.74, 6) is 0.671. The topological polar surface area (TPSA) is 49.5 Å². The maximum Gasteiger partial charge on any atom is 0.153 e. The molecular formula is C6H10N2O2. The van der Waals surface area contributed by atoms with Crippen LogP contribution in [-0.4, -0.2) is 22.0 Å². The highest BCUT2D eigenvalue weighted by Gasteiger charge is 2.00. The Morgan fingerprint density at radius 1 is 1.80 bits per heavy atom.